The van der Waals surface area contributed by atoms with Gasteiger partial charge in [-0.1, -0.05) is 80.0 Å². The lowest BCUT2D eigenvalue weighted by molar-refractivity contribution is -0.222. The van der Waals surface area contributed by atoms with Gasteiger partial charge in [-0.3, -0.25) is 9.52 Å². The molecule has 7 rings (SSSR count). The molecule has 5 saturated carbocycles. The summed E-state index contributed by atoms with van der Waals surface area (Å²) >= 11 is 0. The summed E-state index contributed by atoms with van der Waals surface area (Å²) in [6.45, 7) is 20.6. The summed E-state index contributed by atoms with van der Waals surface area (Å²) in [4.78, 5) is 24.0. The normalized spacial score (nSPS) is 39.0. The third kappa shape index (κ3) is 6.47. The number of nitrogens with one attached hydrogen (secondary N) is 2. The van der Waals surface area contributed by atoms with Crippen LogP contribution >= 0.6 is 0 Å². The van der Waals surface area contributed by atoms with Crippen molar-refractivity contribution < 1.29 is 18.9 Å². The van der Waals surface area contributed by atoms with E-state index in [1.807, 2.05) is 12.1 Å². The van der Waals surface area contributed by atoms with Crippen molar-refractivity contribution in [1.29, 1.82) is 0 Å². The molecule has 0 saturated heterocycles. The molecule has 0 spiro atoms. The largest absolute Gasteiger partial charge is 0.478 e. The van der Waals surface area contributed by atoms with Gasteiger partial charge in [-0.25, -0.2) is 9.00 Å². The van der Waals surface area contributed by atoms with E-state index in [1.54, 1.807) is 12.1 Å². The summed E-state index contributed by atoms with van der Waals surface area (Å²) in [5.74, 6) is 2.57. The number of rotatable bonds is 8. The Hall–Kier alpha value is -1.99. The lowest BCUT2D eigenvalue weighted by Crippen LogP contribution is -2.65. The van der Waals surface area contributed by atoms with E-state index in [1.165, 1.54) is 68.9 Å². The first kappa shape index (κ1) is 37.8. The topological polar surface area (TPSA) is 95.5 Å². The van der Waals surface area contributed by atoms with Crippen LogP contribution in [0.4, 0.5) is 0 Å². The van der Waals surface area contributed by atoms with E-state index >= 15 is 0 Å². The highest BCUT2D eigenvalue weighted by molar-refractivity contribution is 7.84. The first-order valence-corrected chi connectivity index (χ1v) is 21.1. The molecule has 0 bridgehead atoms. The SMILES string of the molecule is CC(C)C.CC1(C)C(c2ccc(C(=O)O)cc2)=CCC2(C)C1CCC1(C)C2CCC2C3CCC[C@]3(CNCC(=O)NS(=O)C3CC3)CC[C@]21C. The van der Waals surface area contributed by atoms with Gasteiger partial charge in [0.05, 0.1) is 17.4 Å². The first-order chi connectivity index (χ1) is 23.5. The van der Waals surface area contributed by atoms with Crippen LogP contribution < -0.4 is 10.0 Å². The molecule has 6 aliphatic rings. The van der Waals surface area contributed by atoms with Gasteiger partial charge in [-0.05, 0) is 151 Å². The molecule has 0 aromatic heterocycles. The fourth-order valence-electron chi connectivity index (χ4n) is 12.8. The van der Waals surface area contributed by atoms with Crippen molar-refractivity contribution in [2.24, 2.45) is 56.7 Å². The van der Waals surface area contributed by atoms with Crippen LogP contribution in [0.2, 0.25) is 0 Å². The molecule has 1 aromatic rings. The maximum Gasteiger partial charge on any atom is 0.335 e. The predicted molar refractivity (Wildman–Crippen MR) is 205 cm³/mol. The molecule has 278 valence electrons. The molecule has 6 aliphatic carbocycles. The van der Waals surface area contributed by atoms with Gasteiger partial charge in [0, 0.05) is 6.54 Å². The van der Waals surface area contributed by atoms with Crippen LogP contribution in [-0.4, -0.2) is 39.5 Å². The maximum absolute atomic E-state index is 12.5. The average Bonchev–Trinajstić information content (AvgIpc) is 3.81. The Morgan fingerprint density at radius 3 is 2.16 bits per heavy atom. The molecular formula is C43H66N2O4S. The first-order valence-electron chi connectivity index (χ1n) is 19.9. The average molecular weight is 707 g/mol. The molecule has 0 aliphatic heterocycles. The number of carboxylic acid groups (broad SMARTS) is 1. The molecule has 3 N–H and O–H groups in total. The Bertz CT molecular complexity index is 1500. The van der Waals surface area contributed by atoms with Crippen LogP contribution in [-0.2, 0) is 15.8 Å². The fourth-order valence-corrected chi connectivity index (χ4v) is 13.9. The minimum absolute atomic E-state index is 0.0210. The summed E-state index contributed by atoms with van der Waals surface area (Å²) < 4.78 is 14.9. The minimum atomic E-state index is -1.21. The number of carbonyl (C=O) groups is 2. The van der Waals surface area contributed by atoms with E-state index in [0.717, 1.165) is 37.6 Å². The molecule has 1 aromatic carbocycles. The highest BCUT2D eigenvalue weighted by atomic mass is 32.2. The molecule has 50 heavy (non-hydrogen) atoms. The van der Waals surface area contributed by atoms with Crippen molar-refractivity contribution in [1.82, 2.24) is 10.0 Å². The summed E-state index contributed by atoms with van der Waals surface area (Å²) in [7, 11) is -1.21. The van der Waals surface area contributed by atoms with Crippen molar-refractivity contribution >= 4 is 28.4 Å². The zero-order valence-electron chi connectivity index (χ0n) is 32.3. The number of fused-ring (bicyclic) bond motifs is 7. The van der Waals surface area contributed by atoms with E-state index < -0.39 is 17.0 Å². The van der Waals surface area contributed by atoms with Crippen molar-refractivity contribution in [2.45, 2.75) is 138 Å². The molecule has 7 heteroatoms. The Morgan fingerprint density at radius 2 is 1.52 bits per heavy atom. The van der Waals surface area contributed by atoms with Crippen LogP contribution in [0.3, 0.4) is 0 Å². The molecule has 0 radical (unpaired) electrons. The number of benzene rings is 1. The van der Waals surface area contributed by atoms with Crippen molar-refractivity contribution in [3.8, 4) is 0 Å². The van der Waals surface area contributed by atoms with Gasteiger partial charge in [0.25, 0.3) is 0 Å². The Labute approximate surface area is 305 Å². The zero-order chi connectivity index (χ0) is 36.3. The van der Waals surface area contributed by atoms with Crippen molar-refractivity contribution in [2.75, 3.05) is 13.1 Å². The lowest BCUT2D eigenvalue weighted by Gasteiger charge is -2.72. The molecule has 0 heterocycles. The molecule has 7 unspecified atom stereocenters. The Morgan fingerprint density at radius 1 is 0.840 bits per heavy atom. The van der Waals surface area contributed by atoms with Crippen LogP contribution in [0.15, 0.2) is 30.3 Å². The number of aromatic carboxylic acids is 1. The quantitative estimate of drug-likeness (QED) is 0.250. The molecular weight excluding hydrogens is 641 g/mol. The summed E-state index contributed by atoms with van der Waals surface area (Å²) in [6.07, 6.45) is 17.1. The number of hydrogen-bond donors (Lipinski definition) is 3. The van der Waals surface area contributed by atoms with Gasteiger partial charge in [-0.15, -0.1) is 0 Å². The monoisotopic (exact) mass is 706 g/mol. The second-order valence-corrected chi connectivity index (χ2v) is 20.8. The van der Waals surface area contributed by atoms with Gasteiger partial charge in [0.2, 0.25) is 5.91 Å². The van der Waals surface area contributed by atoms with Gasteiger partial charge < -0.3 is 10.4 Å². The van der Waals surface area contributed by atoms with Crippen molar-refractivity contribution in [3.05, 3.63) is 41.5 Å². The predicted octanol–water partition coefficient (Wildman–Crippen LogP) is 9.43. The lowest BCUT2D eigenvalue weighted by atomic mass is 9.32. The number of hydrogen-bond acceptors (Lipinski definition) is 4. The molecule has 6 nitrogen and oxygen atoms in total. The highest BCUT2D eigenvalue weighted by Crippen LogP contribution is 2.77. The standard InChI is InChI=1S/C39H56N2O4S.C4H10/c1-35(2)28(25-8-10-26(11-9-25)34(43)44)16-19-36(3)31(35)17-20-38(5)32(36)15-14-29-30-7-6-18-39(30,22-21-37(29,38)4)24-40-23-33(42)41-46(45)27-12-13-27;1-4(2)3/h8-11,16,27,29-32,40H,6-7,12-15,17-24H2,1-5H3,(H,41,42)(H,43,44);4H,1-3H3/t29?,30?,31?,32?,36?,37-,38?,39-,46?;/m1./s1. The minimum Gasteiger partial charge on any atom is -0.478 e. The summed E-state index contributed by atoms with van der Waals surface area (Å²) in [6, 6.07) is 7.56. The Balaban J connectivity index is 0.00000103. The van der Waals surface area contributed by atoms with Crippen molar-refractivity contribution in [3.63, 3.8) is 0 Å². The van der Waals surface area contributed by atoms with E-state index in [0.29, 0.717) is 34.1 Å². The fraction of sp³-hybridized carbons (Fsp3) is 0.767. The number of allylic oxidation sites excluding steroid dienone is 2. The summed E-state index contributed by atoms with van der Waals surface area (Å²) in [5.41, 5.74) is 4.09. The zero-order valence-corrected chi connectivity index (χ0v) is 33.1. The van der Waals surface area contributed by atoms with Gasteiger partial charge >= 0.3 is 5.97 Å². The maximum atomic E-state index is 12.5. The second kappa shape index (κ2) is 13.8. The number of carbonyl (C=O) groups excluding carboxylic acids is 1. The van der Waals surface area contributed by atoms with E-state index in [-0.39, 0.29) is 33.9 Å². The van der Waals surface area contributed by atoms with Gasteiger partial charge in [0.1, 0.15) is 11.0 Å². The molecule has 9 atom stereocenters. The highest BCUT2D eigenvalue weighted by Gasteiger charge is 2.69. The summed E-state index contributed by atoms with van der Waals surface area (Å²) in [5, 5.41) is 13.2. The van der Waals surface area contributed by atoms with Crippen LogP contribution in [0.5, 0.6) is 0 Å². The second-order valence-electron chi connectivity index (χ2n) is 19.3. The van der Waals surface area contributed by atoms with Gasteiger partial charge in [0.15, 0.2) is 0 Å². The molecule has 1 amide bonds. The Kier molecular flexibility index (Phi) is 10.4. The van der Waals surface area contributed by atoms with E-state index in [9.17, 15) is 18.9 Å². The molecule has 5 fully saturated rings. The van der Waals surface area contributed by atoms with E-state index in [4.69, 9.17) is 0 Å². The van der Waals surface area contributed by atoms with Crippen LogP contribution in [0.1, 0.15) is 148 Å². The number of carboxylic acids is 1. The number of amides is 1. The third-order valence-corrected chi connectivity index (χ3v) is 16.9. The third-order valence-electron chi connectivity index (χ3n) is 15.4. The van der Waals surface area contributed by atoms with E-state index in [2.05, 4.69) is 71.5 Å². The van der Waals surface area contributed by atoms with Gasteiger partial charge in [-0.2, -0.15) is 0 Å². The smallest absolute Gasteiger partial charge is 0.335 e. The van der Waals surface area contributed by atoms with Crippen LogP contribution in [0, 0.1) is 56.7 Å². The van der Waals surface area contributed by atoms with Crippen LogP contribution in [0.25, 0.3) is 5.57 Å².